The average molecular weight is 399 g/mol. The van der Waals surface area contributed by atoms with Crippen LogP contribution in [0.4, 0.5) is 11.5 Å². The van der Waals surface area contributed by atoms with Crippen molar-refractivity contribution >= 4 is 63.8 Å². The lowest BCUT2D eigenvalue weighted by Gasteiger charge is -2.15. The molecule has 0 aliphatic carbocycles. The van der Waals surface area contributed by atoms with Gasteiger partial charge in [0.25, 0.3) is 5.91 Å². The predicted octanol–water partition coefficient (Wildman–Crippen LogP) is 3.64. The highest BCUT2D eigenvalue weighted by Gasteiger charge is 2.31. The summed E-state index contributed by atoms with van der Waals surface area (Å²) in [7, 11) is 0. The van der Waals surface area contributed by atoms with Gasteiger partial charge in [-0.15, -0.1) is 0 Å². The first-order valence-electron chi connectivity index (χ1n) is 6.93. The molecular weight excluding hydrogens is 389 g/mol. The lowest BCUT2D eigenvalue weighted by molar-refractivity contribution is -0.117. The largest absolute Gasteiger partial charge is 0.305 e. The number of amides is 2. The molecule has 0 bridgehead atoms. The van der Waals surface area contributed by atoms with E-state index in [2.05, 4.69) is 27.2 Å². The molecule has 1 aliphatic rings. The molecule has 1 aromatic carbocycles. The van der Waals surface area contributed by atoms with Gasteiger partial charge in [-0.3, -0.25) is 14.7 Å². The molecule has 7 nitrogen and oxygen atoms in total. The first kappa shape index (κ1) is 17.5. The quantitative estimate of drug-likeness (QED) is 0.770. The van der Waals surface area contributed by atoms with Gasteiger partial charge in [0.2, 0.25) is 5.91 Å². The molecule has 3 rings (SSSR count). The topological polar surface area (TPSA) is 90.4 Å². The fraction of sp³-hybridized carbons (Fsp3) is 0.0667. The van der Waals surface area contributed by atoms with E-state index < -0.39 is 5.91 Å². The van der Waals surface area contributed by atoms with E-state index in [1.807, 2.05) is 0 Å². The zero-order valence-corrected chi connectivity index (χ0v) is 14.8. The van der Waals surface area contributed by atoms with Crippen LogP contribution in [0.3, 0.4) is 0 Å². The third kappa shape index (κ3) is 3.39. The third-order valence-corrected chi connectivity index (χ3v) is 4.14. The van der Waals surface area contributed by atoms with Crippen LogP contribution in [0.2, 0.25) is 15.1 Å². The van der Waals surface area contributed by atoms with E-state index in [4.69, 9.17) is 34.8 Å². The minimum Gasteiger partial charge on any atom is -0.305 e. The number of halogens is 3. The first-order chi connectivity index (χ1) is 11.9. The number of nitrogens with one attached hydrogen (secondary N) is 2. The summed E-state index contributed by atoms with van der Waals surface area (Å²) in [6.07, 6.45) is 2.63. The summed E-state index contributed by atoms with van der Waals surface area (Å²) in [5, 5.41) is 15.2. The number of aromatic nitrogens is 2. The van der Waals surface area contributed by atoms with Gasteiger partial charge in [0.05, 0.1) is 27.7 Å². The summed E-state index contributed by atoms with van der Waals surface area (Å²) in [5.41, 5.74) is 1.13. The minimum absolute atomic E-state index is 0.00816. The zero-order chi connectivity index (χ0) is 18.1. The highest BCUT2D eigenvalue weighted by atomic mass is 35.5. The van der Waals surface area contributed by atoms with Crippen molar-refractivity contribution in [1.29, 1.82) is 0 Å². The highest BCUT2D eigenvalue weighted by molar-refractivity contribution is 6.42. The standard InChI is InChI=1S/C15H10Cl3N5O2/c1-2-12(24)20-15-8(6-19-21-15)11-5-13(25)23(22-11)14-9(17)3-7(16)4-10(14)18/h2-4,6H,1,5H2,(H2,19,20,21,24). The Hall–Kier alpha value is -2.35. The molecule has 0 spiro atoms. The van der Waals surface area contributed by atoms with E-state index in [1.165, 1.54) is 18.3 Å². The summed E-state index contributed by atoms with van der Waals surface area (Å²) in [6.45, 7) is 3.38. The van der Waals surface area contributed by atoms with Crippen molar-refractivity contribution in [2.24, 2.45) is 5.10 Å². The van der Waals surface area contributed by atoms with Gasteiger partial charge in [-0.05, 0) is 18.2 Å². The van der Waals surface area contributed by atoms with Crippen LogP contribution in [0, 0.1) is 0 Å². The van der Waals surface area contributed by atoms with Crippen molar-refractivity contribution < 1.29 is 9.59 Å². The summed E-state index contributed by atoms with van der Waals surface area (Å²) in [4.78, 5) is 23.9. The number of rotatable bonds is 4. The maximum absolute atomic E-state index is 12.4. The third-order valence-electron chi connectivity index (χ3n) is 3.35. The van der Waals surface area contributed by atoms with E-state index in [-0.39, 0.29) is 33.9 Å². The summed E-state index contributed by atoms with van der Waals surface area (Å²) in [6, 6.07) is 2.94. The van der Waals surface area contributed by atoms with Crippen LogP contribution in [0.1, 0.15) is 12.0 Å². The number of hydrazone groups is 1. The van der Waals surface area contributed by atoms with E-state index in [0.29, 0.717) is 16.3 Å². The first-order valence-corrected chi connectivity index (χ1v) is 8.06. The van der Waals surface area contributed by atoms with Gasteiger partial charge in [-0.25, -0.2) is 0 Å². The van der Waals surface area contributed by atoms with E-state index >= 15 is 0 Å². The van der Waals surface area contributed by atoms with Crippen molar-refractivity contribution in [2.75, 3.05) is 10.3 Å². The fourth-order valence-electron chi connectivity index (χ4n) is 2.26. The molecule has 0 atom stereocenters. The number of carbonyl (C=O) groups excluding carboxylic acids is 2. The fourth-order valence-corrected chi connectivity index (χ4v) is 3.24. The maximum atomic E-state index is 12.4. The molecule has 2 amide bonds. The molecule has 0 saturated heterocycles. The molecule has 1 aromatic heterocycles. The molecule has 1 aliphatic heterocycles. The molecule has 0 radical (unpaired) electrons. The van der Waals surface area contributed by atoms with Gasteiger partial charge in [-0.2, -0.15) is 15.2 Å². The second kappa shape index (κ2) is 6.87. The lowest BCUT2D eigenvalue weighted by Crippen LogP contribution is -2.20. The Morgan fingerprint density at radius 1 is 1.32 bits per heavy atom. The van der Waals surface area contributed by atoms with Gasteiger partial charge in [-0.1, -0.05) is 41.4 Å². The van der Waals surface area contributed by atoms with E-state index in [9.17, 15) is 9.59 Å². The van der Waals surface area contributed by atoms with Crippen LogP contribution in [0.5, 0.6) is 0 Å². The molecule has 0 fully saturated rings. The molecule has 10 heteroatoms. The second-order valence-corrected chi connectivity index (χ2v) is 6.24. The number of nitrogens with zero attached hydrogens (tertiary/aromatic N) is 3. The Morgan fingerprint density at radius 2 is 2.00 bits per heavy atom. The van der Waals surface area contributed by atoms with Crippen LogP contribution in [-0.4, -0.2) is 27.7 Å². The monoisotopic (exact) mass is 397 g/mol. The Labute approximate surface area is 157 Å². The normalized spacial score (nSPS) is 13.8. The number of benzene rings is 1. The Kier molecular flexibility index (Phi) is 4.80. The summed E-state index contributed by atoms with van der Waals surface area (Å²) < 4.78 is 0. The van der Waals surface area contributed by atoms with Crippen LogP contribution in [0.15, 0.2) is 36.1 Å². The summed E-state index contributed by atoms with van der Waals surface area (Å²) in [5.74, 6) is -0.520. The van der Waals surface area contributed by atoms with Crippen molar-refractivity contribution in [3.05, 3.63) is 51.6 Å². The molecule has 2 aromatic rings. The highest BCUT2D eigenvalue weighted by Crippen LogP contribution is 2.39. The Balaban J connectivity index is 1.99. The maximum Gasteiger partial charge on any atom is 0.253 e. The molecule has 0 saturated carbocycles. The van der Waals surface area contributed by atoms with Crippen LogP contribution in [0.25, 0.3) is 0 Å². The molecule has 128 valence electrons. The van der Waals surface area contributed by atoms with E-state index in [0.717, 1.165) is 11.1 Å². The van der Waals surface area contributed by atoms with Crippen LogP contribution in [-0.2, 0) is 9.59 Å². The van der Waals surface area contributed by atoms with Gasteiger partial charge < -0.3 is 5.32 Å². The molecule has 2 heterocycles. The Morgan fingerprint density at radius 3 is 2.64 bits per heavy atom. The van der Waals surface area contributed by atoms with Gasteiger partial charge >= 0.3 is 0 Å². The number of hydrogen-bond donors (Lipinski definition) is 2. The molecular formula is C15H10Cl3N5O2. The van der Waals surface area contributed by atoms with Crippen molar-refractivity contribution in [1.82, 2.24) is 10.2 Å². The number of carbonyl (C=O) groups is 2. The number of hydrogen-bond acceptors (Lipinski definition) is 4. The van der Waals surface area contributed by atoms with E-state index in [1.54, 1.807) is 0 Å². The second-order valence-electron chi connectivity index (χ2n) is 4.99. The smallest absolute Gasteiger partial charge is 0.253 e. The minimum atomic E-state index is -0.432. The van der Waals surface area contributed by atoms with Crippen LogP contribution < -0.4 is 10.3 Å². The van der Waals surface area contributed by atoms with Crippen molar-refractivity contribution in [2.45, 2.75) is 6.42 Å². The number of H-pyrrole nitrogens is 1. The predicted molar refractivity (Wildman–Crippen MR) is 97.5 cm³/mol. The zero-order valence-electron chi connectivity index (χ0n) is 12.5. The lowest BCUT2D eigenvalue weighted by atomic mass is 10.1. The van der Waals surface area contributed by atoms with Crippen molar-refractivity contribution in [3.8, 4) is 0 Å². The molecule has 2 N–H and O–H groups in total. The average Bonchev–Trinajstić information content (AvgIpc) is 3.13. The van der Waals surface area contributed by atoms with Crippen LogP contribution >= 0.6 is 34.8 Å². The van der Waals surface area contributed by atoms with Gasteiger partial charge in [0.15, 0.2) is 5.82 Å². The summed E-state index contributed by atoms with van der Waals surface area (Å²) >= 11 is 18.2. The van der Waals surface area contributed by atoms with Gasteiger partial charge in [0, 0.05) is 11.2 Å². The number of anilines is 2. The Bertz CT molecular complexity index is 899. The van der Waals surface area contributed by atoms with Gasteiger partial charge in [0.1, 0.15) is 5.69 Å². The van der Waals surface area contributed by atoms with Crippen molar-refractivity contribution in [3.63, 3.8) is 0 Å². The number of aromatic amines is 1. The molecule has 25 heavy (non-hydrogen) atoms. The SMILES string of the molecule is C=CC(=O)Nc1n[nH]cc1C1=NN(c2c(Cl)cc(Cl)cc2Cl)C(=O)C1. The molecule has 0 unspecified atom stereocenters.